The standard InChI is InChI=1S/C24H42BNO6.C23H40BNO7.2CH4/c1-10-15-24(19(27)29-9)18(14-12-17-26(24)20(28)30-21(2,3)4)13-11-16-25-31-22(5,6)23(7,8)32-25;1-20(2,3)30-19(28)25-15-10-12-17(23(25,13-16-26)18(27)29-8)11-9-14-24-31-21(4,5)22(6,7)32-24;;/h10,18H,1,11-17H2,2-9H3;16-17H,9-15H2,1-8H3;2*1H4. The predicted octanol–water partition coefficient (Wildman–Crippen LogP) is 10.3. The molecule has 0 N–H and O–H groups in total. The summed E-state index contributed by atoms with van der Waals surface area (Å²) < 4.78 is 46.0. The fourth-order valence-electron chi connectivity index (χ4n) is 9.42. The highest BCUT2D eigenvalue weighted by Crippen LogP contribution is 2.45. The first-order chi connectivity index (χ1) is 29.4. The van der Waals surface area contributed by atoms with E-state index in [4.69, 9.17) is 37.6 Å². The van der Waals surface area contributed by atoms with Crippen LogP contribution < -0.4 is 0 Å². The molecule has 66 heavy (non-hydrogen) atoms. The lowest BCUT2D eigenvalue weighted by Gasteiger charge is -2.49. The molecule has 4 aliphatic rings. The van der Waals surface area contributed by atoms with Crippen LogP contribution in [-0.2, 0) is 51.9 Å². The summed E-state index contributed by atoms with van der Waals surface area (Å²) in [4.78, 5) is 67.1. The van der Waals surface area contributed by atoms with Gasteiger partial charge in [-0.1, -0.05) is 33.8 Å². The number of hydrogen-bond acceptors (Lipinski definition) is 13. The van der Waals surface area contributed by atoms with E-state index in [-0.39, 0.29) is 58.5 Å². The van der Waals surface area contributed by atoms with Crippen LogP contribution in [-0.4, -0.2) is 126 Å². The molecule has 4 atom stereocenters. The van der Waals surface area contributed by atoms with Gasteiger partial charge in [0.15, 0.2) is 5.54 Å². The normalized spacial score (nSPS) is 26.4. The molecule has 0 spiro atoms. The van der Waals surface area contributed by atoms with Crippen LogP contribution in [0, 0.1) is 11.8 Å². The molecule has 380 valence electrons. The summed E-state index contributed by atoms with van der Waals surface area (Å²) in [5, 5.41) is 0. The molecule has 4 fully saturated rings. The van der Waals surface area contributed by atoms with Crippen molar-refractivity contribution < 1.29 is 61.5 Å². The van der Waals surface area contributed by atoms with Crippen molar-refractivity contribution in [2.24, 2.45) is 11.8 Å². The van der Waals surface area contributed by atoms with Gasteiger partial charge in [-0.2, -0.15) is 0 Å². The Balaban J connectivity index is 0.000000641. The number of ether oxygens (including phenoxy) is 4. The van der Waals surface area contributed by atoms with Crippen LogP contribution in [0.4, 0.5) is 9.59 Å². The summed E-state index contributed by atoms with van der Waals surface area (Å²) in [5.41, 5.74) is -5.39. The van der Waals surface area contributed by atoms with Gasteiger partial charge in [0.05, 0.1) is 36.6 Å². The average molecular weight is 937 g/mol. The molecule has 0 aromatic rings. The fourth-order valence-corrected chi connectivity index (χ4v) is 9.42. The summed E-state index contributed by atoms with van der Waals surface area (Å²) >= 11 is 0. The highest BCUT2D eigenvalue weighted by atomic mass is 16.7. The third kappa shape index (κ3) is 14.0. The lowest BCUT2D eigenvalue weighted by Crippen LogP contribution is -2.65. The van der Waals surface area contributed by atoms with Gasteiger partial charge in [-0.25, -0.2) is 19.2 Å². The van der Waals surface area contributed by atoms with Crippen molar-refractivity contribution in [1.82, 2.24) is 9.80 Å². The van der Waals surface area contributed by atoms with Crippen LogP contribution in [0.1, 0.15) is 176 Å². The number of carbonyl (C=O) groups excluding carboxylic acids is 5. The van der Waals surface area contributed by atoms with Gasteiger partial charge < -0.3 is 42.4 Å². The Morgan fingerprint density at radius 1 is 0.621 bits per heavy atom. The van der Waals surface area contributed by atoms with Crippen LogP contribution in [0.2, 0.25) is 12.6 Å². The van der Waals surface area contributed by atoms with Crippen LogP contribution in [0.5, 0.6) is 0 Å². The minimum atomic E-state index is -1.37. The van der Waals surface area contributed by atoms with E-state index >= 15 is 0 Å². The topological polar surface area (TPSA) is 166 Å². The molecule has 0 saturated carbocycles. The minimum absolute atomic E-state index is 0. The number of nitrogens with zero attached hydrogens (tertiary/aromatic N) is 2. The zero-order valence-electron chi connectivity index (χ0n) is 42.3. The summed E-state index contributed by atoms with van der Waals surface area (Å²) in [6.07, 6.45) is 8.85. The van der Waals surface area contributed by atoms with E-state index in [0.717, 1.165) is 44.8 Å². The number of likely N-dealkylation sites (tertiary alicyclic amines) is 2. The number of aldehydes is 1. The van der Waals surface area contributed by atoms with Gasteiger partial charge in [-0.15, -0.1) is 6.58 Å². The second-order valence-corrected chi connectivity index (χ2v) is 21.9. The molecular weight excluding hydrogens is 846 g/mol. The number of hydrogen-bond donors (Lipinski definition) is 0. The number of amides is 2. The Labute approximate surface area is 400 Å². The van der Waals surface area contributed by atoms with Gasteiger partial charge in [0, 0.05) is 19.5 Å². The molecule has 4 unspecified atom stereocenters. The molecule has 0 aromatic heterocycles. The first-order valence-electron chi connectivity index (χ1n) is 23.3. The lowest BCUT2D eigenvalue weighted by atomic mass is 9.70. The summed E-state index contributed by atoms with van der Waals surface area (Å²) in [6, 6.07) is 0. The number of carbonyl (C=O) groups is 5. The monoisotopic (exact) mass is 937 g/mol. The van der Waals surface area contributed by atoms with Gasteiger partial charge >= 0.3 is 38.4 Å². The first-order valence-corrected chi connectivity index (χ1v) is 23.3. The van der Waals surface area contributed by atoms with Crippen molar-refractivity contribution in [2.75, 3.05) is 27.3 Å². The van der Waals surface area contributed by atoms with Crippen molar-refractivity contribution in [3.8, 4) is 0 Å². The number of rotatable bonds is 14. The Hall–Kier alpha value is -3.14. The van der Waals surface area contributed by atoms with E-state index in [1.807, 2.05) is 76.2 Å². The van der Waals surface area contributed by atoms with Crippen molar-refractivity contribution in [3.05, 3.63) is 12.7 Å². The van der Waals surface area contributed by atoms with Crippen molar-refractivity contribution >= 4 is 44.6 Å². The quantitative estimate of drug-likeness (QED) is 0.0531. The third-order valence-corrected chi connectivity index (χ3v) is 13.9. The Morgan fingerprint density at radius 3 is 1.21 bits per heavy atom. The van der Waals surface area contributed by atoms with Crippen LogP contribution in [0.3, 0.4) is 0 Å². The van der Waals surface area contributed by atoms with Crippen LogP contribution >= 0.6 is 0 Å². The first kappa shape index (κ1) is 60.9. The smallest absolute Gasteiger partial charge is 0.457 e. The van der Waals surface area contributed by atoms with E-state index in [1.165, 1.54) is 19.1 Å². The summed E-state index contributed by atoms with van der Waals surface area (Å²) in [6.45, 7) is 31.7. The average Bonchev–Trinajstić information content (AvgIpc) is 3.51. The zero-order chi connectivity index (χ0) is 48.7. The van der Waals surface area contributed by atoms with Crippen LogP contribution in [0.25, 0.3) is 0 Å². The molecule has 4 saturated heterocycles. The highest BCUT2D eigenvalue weighted by molar-refractivity contribution is 6.45. The summed E-state index contributed by atoms with van der Waals surface area (Å²) in [5.74, 6) is -1.29. The Kier molecular flexibility index (Phi) is 21.6. The largest absolute Gasteiger partial charge is 0.467 e. The maximum Gasteiger partial charge on any atom is 0.457 e. The maximum absolute atomic E-state index is 13.2. The van der Waals surface area contributed by atoms with E-state index in [1.54, 1.807) is 31.7 Å². The molecule has 4 heterocycles. The summed E-state index contributed by atoms with van der Waals surface area (Å²) in [7, 11) is 2.05. The predicted molar refractivity (Wildman–Crippen MR) is 260 cm³/mol. The maximum atomic E-state index is 13.2. The number of piperidine rings is 2. The van der Waals surface area contributed by atoms with Gasteiger partial charge in [-0.05, 0) is 166 Å². The number of esters is 2. The van der Waals surface area contributed by atoms with Gasteiger partial charge in [0.2, 0.25) is 0 Å². The molecule has 2 amide bonds. The van der Waals surface area contributed by atoms with Crippen molar-refractivity contribution in [1.29, 1.82) is 0 Å². The third-order valence-electron chi connectivity index (χ3n) is 13.9. The van der Waals surface area contributed by atoms with Crippen molar-refractivity contribution in [2.45, 2.75) is 233 Å². The Morgan fingerprint density at radius 2 is 0.939 bits per heavy atom. The Bertz CT molecular complexity index is 1490. The highest BCUT2D eigenvalue weighted by Gasteiger charge is 2.58. The van der Waals surface area contributed by atoms with E-state index in [9.17, 15) is 24.0 Å². The van der Waals surface area contributed by atoms with Crippen LogP contribution in [0.15, 0.2) is 12.7 Å². The molecule has 0 bridgehead atoms. The molecule has 0 aromatic carbocycles. The zero-order valence-corrected chi connectivity index (χ0v) is 42.3. The molecule has 0 radical (unpaired) electrons. The molecule has 15 nitrogen and oxygen atoms in total. The second kappa shape index (κ2) is 23.4. The second-order valence-electron chi connectivity index (χ2n) is 21.9. The fraction of sp³-hybridized carbons (Fsp3) is 0.857. The van der Waals surface area contributed by atoms with Gasteiger partial charge in [0.25, 0.3) is 0 Å². The molecule has 4 rings (SSSR count). The van der Waals surface area contributed by atoms with Crippen molar-refractivity contribution in [3.63, 3.8) is 0 Å². The molecule has 4 aliphatic heterocycles. The van der Waals surface area contributed by atoms with E-state index in [2.05, 4.69) is 6.58 Å². The molecule has 17 heteroatoms. The molecular formula is C49H90B2N2O13. The van der Waals surface area contributed by atoms with Gasteiger partial charge in [-0.3, -0.25) is 9.80 Å². The van der Waals surface area contributed by atoms with E-state index in [0.29, 0.717) is 45.0 Å². The minimum Gasteiger partial charge on any atom is -0.467 e. The van der Waals surface area contributed by atoms with E-state index < -0.39 is 57.6 Å². The lowest BCUT2D eigenvalue weighted by molar-refractivity contribution is -0.164. The number of methoxy groups -OCH3 is 2. The molecule has 0 aliphatic carbocycles. The van der Waals surface area contributed by atoms with Gasteiger partial charge in [0.1, 0.15) is 23.0 Å². The SMILES string of the molecule is C.C.C=CCC1(C(=O)OC)C(CCCB2OC(C)(C)C(C)(C)O2)CCCN1C(=O)OC(C)(C)C.COC(=O)C1(CC=O)C(CCCB2OC(C)(C)C(C)(C)O2)CCCN1C(=O)OC(C)(C)C.